The lowest BCUT2D eigenvalue weighted by atomic mass is 9.80. The van der Waals surface area contributed by atoms with Crippen LogP contribution in [-0.2, 0) is 21.7 Å². The van der Waals surface area contributed by atoms with E-state index in [1.54, 1.807) is 0 Å². The fourth-order valence-electron chi connectivity index (χ4n) is 9.08. The van der Waals surface area contributed by atoms with E-state index in [9.17, 15) is 0 Å². The van der Waals surface area contributed by atoms with Crippen LogP contribution in [0.1, 0.15) is 76.6 Å². The number of halogens is 2. The summed E-state index contributed by atoms with van der Waals surface area (Å²) in [5, 5.41) is 1.45. The quantitative estimate of drug-likeness (QED) is 0.103. The predicted molar refractivity (Wildman–Crippen MR) is 251 cm³/mol. The molecule has 0 atom stereocenters. The zero-order chi connectivity index (χ0) is 41.6. The van der Waals surface area contributed by atoms with Gasteiger partial charge in [-0.25, -0.2) is 0 Å². The van der Waals surface area contributed by atoms with Crippen molar-refractivity contribution in [2.75, 3.05) is 18.0 Å². The van der Waals surface area contributed by atoms with Crippen molar-refractivity contribution in [1.82, 2.24) is 0 Å². The van der Waals surface area contributed by atoms with Gasteiger partial charge < -0.3 is 9.64 Å². The van der Waals surface area contributed by atoms with Gasteiger partial charge >= 0.3 is 0 Å². The van der Waals surface area contributed by atoms with Gasteiger partial charge in [0.15, 0.2) is 20.4 Å². The molecule has 0 radical (unpaired) electrons. The van der Waals surface area contributed by atoms with Gasteiger partial charge in [0.25, 0.3) is 0 Å². The molecule has 0 bridgehead atoms. The normalized spacial score (nSPS) is 18.3. The van der Waals surface area contributed by atoms with E-state index in [4.69, 9.17) is 27.9 Å². The van der Waals surface area contributed by atoms with E-state index in [1.165, 1.54) is 70.9 Å². The molecular weight excluding hydrogens is 784 g/mol. The number of hydrogen-bond donors (Lipinski definition) is 0. The third kappa shape index (κ3) is 7.76. The summed E-state index contributed by atoms with van der Waals surface area (Å²) in [7, 11) is -0.354. The molecule has 0 N–H and O–H groups in total. The number of benzene rings is 5. The molecule has 300 valence electrons. The number of rotatable bonds is 10. The van der Waals surface area contributed by atoms with Gasteiger partial charge in [0.1, 0.15) is 18.1 Å². The molecule has 0 saturated heterocycles. The molecular formula is C53H54Cl2N2OS+2. The Kier molecular flexibility index (Phi) is 11.4. The van der Waals surface area contributed by atoms with Gasteiger partial charge in [0.2, 0.25) is 5.69 Å². The average Bonchev–Trinajstić information content (AvgIpc) is 3.77. The summed E-state index contributed by atoms with van der Waals surface area (Å²) in [6, 6.07) is 38.7. The fraction of sp³-hybridized carbons (Fsp3) is 0.264. The Hall–Kier alpha value is -4.74. The molecule has 0 spiro atoms. The number of likely N-dealkylation sites (N-methyl/N-ethyl adjacent to an activating group) is 1. The average molecular weight is 838 g/mol. The summed E-state index contributed by atoms with van der Waals surface area (Å²) in [5.74, 6) is 1.76. The molecule has 8 rings (SSSR count). The molecule has 2 heterocycles. The first kappa shape index (κ1) is 41.0. The fourth-order valence-corrected chi connectivity index (χ4v) is 11.4. The molecule has 59 heavy (non-hydrogen) atoms. The van der Waals surface area contributed by atoms with Crippen LogP contribution in [0.3, 0.4) is 0 Å². The van der Waals surface area contributed by atoms with E-state index in [-0.39, 0.29) is 21.7 Å². The maximum absolute atomic E-state index is 7.04. The maximum Gasteiger partial charge on any atom is 0.209 e. The summed E-state index contributed by atoms with van der Waals surface area (Å²) >= 11 is 12.7. The minimum absolute atomic E-state index is 0.122. The topological polar surface area (TPSA) is 15.5 Å². The van der Waals surface area contributed by atoms with Crippen molar-refractivity contribution >= 4 is 51.2 Å². The van der Waals surface area contributed by atoms with Crippen LogP contribution < -0.4 is 9.64 Å². The summed E-state index contributed by atoms with van der Waals surface area (Å²) in [5.41, 5.74) is 12.8. The highest BCUT2D eigenvalue weighted by atomic mass is 35.5. The second-order valence-electron chi connectivity index (χ2n) is 16.9. The van der Waals surface area contributed by atoms with Crippen molar-refractivity contribution in [1.29, 1.82) is 0 Å². The number of nitrogens with zero attached hydrogens (tertiary/aromatic N) is 2. The summed E-state index contributed by atoms with van der Waals surface area (Å²) < 4.78 is 9.51. The largest absolute Gasteiger partial charge is 0.457 e. The molecule has 0 unspecified atom stereocenters. The van der Waals surface area contributed by atoms with E-state index in [0.717, 1.165) is 47.5 Å². The van der Waals surface area contributed by atoms with Crippen LogP contribution in [0.2, 0.25) is 10.0 Å². The Morgan fingerprint density at radius 3 is 1.85 bits per heavy atom. The first-order valence-corrected chi connectivity index (χ1v) is 22.8. The molecule has 5 aromatic rings. The number of hydrogen-bond acceptors (Lipinski definition) is 2. The predicted octanol–water partition coefficient (Wildman–Crippen LogP) is 14.4. The first-order valence-electron chi connectivity index (χ1n) is 20.8. The van der Waals surface area contributed by atoms with Crippen molar-refractivity contribution in [2.24, 2.45) is 0 Å². The van der Waals surface area contributed by atoms with Gasteiger partial charge in [0.05, 0.1) is 16.3 Å². The van der Waals surface area contributed by atoms with Crippen LogP contribution in [0.5, 0.6) is 5.75 Å². The van der Waals surface area contributed by atoms with E-state index in [2.05, 4.69) is 174 Å². The van der Waals surface area contributed by atoms with Crippen LogP contribution in [-0.4, -0.2) is 23.4 Å². The Morgan fingerprint density at radius 1 is 0.678 bits per heavy atom. The van der Waals surface area contributed by atoms with Gasteiger partial charge in [0, 0.05) is 51.1 Å². The van der Waals surface area contributed by atoms with Crippen LogP contribution in [0.4, 0.5) is 11.4 Å². The smallest absolute Gasteiger partial charge is 0.209 e. The Balaban J connectivity index is 1.19. The second-order valence-corrected chi connectivity index (χ2v) is 19.8. The van der Waals surface area contributed by atoms with Gasteiger partial charge in [-0.1, -0.05) is 72.5 Å². The Bertz CT molecular complexity index is 2530. The number of anilines is 1. The van der Waals surface area contributed by atoms with Crippen molar-refractivity contribution in [2.45, 2.75) is 93.7 Å². The van der Waals surface area contributed by atoms with E-state index in [0.29, 0.717) is 0 Å². The molecule has 1 aliphatic carbocycles. The van der Waals surface area contributed by atoms with Gasteiger partial charge in [-0.15, -0.1) is 0 Å². The summed E-state index contributed by atoms with van der Waals surface area (Å²) in [6.07, 6.45) is 11.2. The molecule has 0 amide bonds. The standard InChI is InChI=1S/C53H54Cl2N2OS/c1-9-56-47-29-11-35(3)33-45(47)52(5,6)49(56)31-15-37-13-14-38(16-32-50-53(7,8)46-34-36(4)12-30-48(46)57(50)10-2)51(37)58-41-21-27-44(28-22-41)59(42-23-17-39(54)18-24-42)43-25-19-40(55)20-26-43/h11-12,15-34H,9-10,13-14H2,1-8H3/q+2. The minimum Gasteiger partial charge on any atom is -0.457 e. The van der Waals surface area contributed by atoms with Crippen molar-refractivity contribution in [3.05, 3.63) is 188 Å². The van der Waals surface area contributed by atoms with E-state index >= 15 is 0 Å². The lowest BCUT2D eigenvalue weighted by Gasteiger charge is -2.26. The monoisotopic (exact) mass is 836 g/mol. The highest BCUT2D eigenvalue weighted by molar-refractivity contribution is 7.97. The van der Waals surface area contributed by atoms with Crippen LogP contribution in [0.15, 0.2) is 171 Å². The molecule has 0 saturated carbocycles. The van der Waals surface area contributed by atoms with Gasteiger partial charge in [-0.3, -0.25) is 0 Å². The highest BCUT2D eigenvalue weighted by Crippen LogP contribution is 2.48. The number of aryl methyl sites for hydroxylation is 2. The highest BCUT2D eigenvalue weighted by Gasteiger charge is 2.44. The molecule has 0 fully saturated rings. The molecule has 3 aliphatic rings. The van der Waals surface area contributed by atoms with E-state index < -0.39 is 0 Å². The molecule has 0 aromatic heterocycles. The Labute approximate surface area is 364 Å². The third-order valence-electron chi connectivity index (χ3n) is 12.2. The number of fused-ring (bicyclic) bond motifs is 2. The maximum atomic E-state index is 7.04. The van der Waals surface area contributed by atoms with Crippen molar-refractivity contribution < 1.29 is 9.31 Å². The molecule has 5 aromatic carbocycles. The zero-order valence-corrected chi connectivity index (χ0v) is 37.8. The van der Waals surface area contributed by atoms with E-state index in [1.807, 2.05) is 24.3 Å². The van der Waals surface area contributed by atoms with Crippen molar-refractivity contribution in [3.8, 4) is 5.75 Å². The molecule has 3 nitrogen and oxygen atoms in total. The minimum atomic E-state index is -0.354. The summed E-state index contributed by atoms with van der Waals surface area (Å²) in [6.45, 7) is 20.1. The Morgan fingerprint density at radius 2 is 1.25 bits per heavy atom. The molecule has 2 aliphatic heterocycles. The second kappa shape index (κ2) is 16.4. The van der Waals surface area contributed by atoms with Crippen LogP contribution in [0, 0.1) is 13.8 Å². The summed E-state index contributed by atoms with van der Waals surface area (Å²) in [4.78, 5) is 6.04. The van der Waals surface area contributed by atoms with Gasteiger partial charge in [-0.2, -0.15) is 4.58 Å². The number of ether oxygens (including phenoxy) is 1. The lowest BCUT2D eigenvalue weighted by molar-refractivity contribution is -0.433. The van der Waals surface area contributed by atoms with Gasteiger partial charge in [-0.05, 0) is 168 Å². The van der Waals surface area contributed by atoms with Crippen molar-refractivity contribution in [3.63, 3.8) is 0 Å². The molecule has 6 heteroatoms. The first-order chi connectivity index (χ1) is 28.3. The number of allylic oxidation sites excluding steroid dienone is 7. The SMILES string of the molecule is CCN1/C(=C/C=C2\CCC(/C=C/C3=[N+](CC)c4ccc(C)cc4C3(C)C)=C2Oc2ccc([S+](c3ccc(Cl)cc3)c3ccc(Cl)cc3)cc2)C(C)(C)c2cc(C)ccc21. The zero-order valence-electron chi connectivity index (χ0n) is 35.5. The van der Waals surface area contributed by atoms with Crippen LogP contribution in [0.25, 0.3) is 0 Å². The lowest BCUT2D eigenvalue weighted by Crippen LogP contribution is -2.27. The third-order valence-corrected chi connectivity index (χ3v) is 15.0. The van der Waals surface area contributed by atoms with Crippen LogP contribution >= 0.6 is 23.2 Å².